The van der Waals surface area contributed by atoms with Crippen molar-refractivity contribution in [3.63, 3.8) is 0 Å². The molecule has 2 aromatic carbocycles. The Kier molecular flexibility index (Phi) is 5.46. The van der Waals surface area contributed by atoms with Gasteiger partial charge in [0, 0.05) is 9.92 Å². The first-order valence-electron chi connectivity index (χ1n) is 6.46. The molecule has 0 radical (unpaired) electrons. The second kappa shape index (κ2) is 7.33. The lowest BCUT2D eigenvalue weighted by Crippen LogP contribution is -2.14. The maximum atomic E-state index is 12.3. The lowest BCUT2D eigenvalue weighted by atomic mass is 10.2. The molecule has 0 saturated carbocycles. The minimum Gasteiger partial charge on any atom is -0.423 e. The number of ether oxygens (including phenoxy) is 1. The third-order valence-corrected chi connectivity index (χ3v) is 4.15. The standard InChI is InChI=1S/C16H14ClNO3S/c1-10-8-11(17)6-7-13(10)21-16(20)12-4-2-3-5-14(12)22-9-15(18)19/h2-8H,9H2,1H3,(H2,18,19). The number of esters is 1. The van der Waals surface area contributed by atoms with Crippen LogP contribution in [-0.2, 0) is 4.79 Å². The molecule has 0 saturated heterocycles. The highest BCUT2D eigenvalue weighted by Gasteiger charge is 2.15. The number of aryl methyl sites for hydroxylation is 1. The molecule has 0 aliphatic rings. The Morgan fingerprint density at radius 3 is 2.64 bits per heavy atom. The van der Waals surface area contributed by atoms with Crippen molar-refractivity contribution in [3.05, 3.63) is 58.6 Å². The summed E-state index contributed by atoms with van der Waals surface area (Å²) in [6, 6.07) is 11.9. The van der Waals surface area contributed by atoms with Crippen molar-refractivity contribution in [2.75, 3.05) is 5.75 Å². The molecule has 6 heteroatoms. The molecule has 0 heterocycles. The van der Waals surface area contributed by atoms with Gasteiger partial charge in [-0.25, -0.2) is 4.79 Å². The number of rotatable bonds is 5. The van der Waals surface area contributed by atoms with E-state index in [1.165, 1.54) is 11.8 Å². The molecular formula is C16H14ClNO3S. The van der Waals surface area contributed by atoms with Gasteiger partial charge in [-0.05, 0) is 42.8 Å². The molecule has 1 amide bonds. The summed E-state index contributed by atoms with van der Waals surface area (Å²) in [4.78, 5) is 23.9. The van der Waals surface area contributed by atoms with E-state index in [2.05, 4.69) is 0 Å². The van der Waals surface area contributed by atoms with Gasteiger partial charge in [0.2, 0.25) is 5.91 Å². The number of benzene rings is 2. The third kappa shape index (κ3) is 4.26. The molecule has 114 valence electrons. The average molecular weight is 336 g/mol. The maximum Gasteiger partial charge on any atom is 0.344 e. The Hall–Kier alpha value is -1.98. The summed E-state index contributed by atoms with van der Waals surface area (Å²) in [6.07, 6.45) is 0. The van der Waals surface area contributed by atoms with Gasteiger partial charge in [-0.15, -0.1) is 11.8 Å². The van der Waals surface area contributed by atoms with E-state index in [4.69, 9.17) is 22.1 Å². The SMILES string of the molecule is Cc1cc(Cl)ccc1OC(=O)c1ccccc1SCC(N)=O. The third-order valence-electron chi connectivity index (χ3n) is 2.82. The van der Waals surface area contributed by atoms with Crippen LogP contribution >= 0.6 is 23.4 Å². The lowest BCUT2D eigenvalue weighted by Gasteiger charge is -2.10. The molecule has 0 aromatic heterocycles. The molecule has 0 spiro atoms. The van der Waals surface area contributed by atoms with E-state index in [-0.39, 0.29) is 5.75 Å². The van der Waals surface area contributed by atoms with Gasteiger partial charge in [0.25, 0.3) is 0 Å². The van der Waals surface area contributed by atoms with E-state index < -0.39 is 11.9 Å². The lowest BCUT2D eigenvalue weighted by molar-refractivity contribution is -0.115. The molecule has 0 atom stereocenters. The average Bonchev–Trinajstić information content (AvgIpc) is 2.48. The zero-order chi connectivity index (χ0) is 16.1. The number of carbonyl (C=O) groups excluding carboxylic acids is 2. The van der Waals surface area contributed by atoms with E-state index in [1.54, 1.807) is 42.5 Å². The predicted molar refractivity (Wildman–Crippen MR) is 87.5 cm³/mol. The van der Waals surface area contributed by atoms with Gasteiger partial charge in [0.05, 0.1) is 11.3 Å². The number of amides is 1. The van der Waals surface area contributed by atoms with Crippen LogP contribution in [0.5, 0.6) is 5.75 Å². The minimum atomic E-state index is -0.488. The smallest absolute Gasteiger partial charge is 0.344 e. The van der Waals surface area contributed by atoms with Gasteiger partial charge in [0.1, 0.15) is 5.75 Å². The van der Waals surface area contributed by atoms with Crippen molar-refractivity contribution in [1.29, 1.82) is 0 Å². The summed E-state index contributed by atoms with van der Waals surface area (Å²) in [5.74, 6) is -0.381. The van der Waals surface area contributed by atoms with Gasteiger partial charge in [-0.1, -0.05) is 23.7 Å². The monoisotopic (exact) mass is 335 g/mol. The Morgan fingerprint density at radius 1 is 1.23 bits per heavy atom. The van der Waals surface area contributed by atoms with Crippen molar-refractivity contribution in [1.82, 2.24) is 0 Å². The quantitative estimate of drug-likeness (QED) is 0.516. The number of primary amides is 1. The van der Waals surface area contributed by atoms with Crippen LogP contribution in [0.3, 0.4) is 0 Å². The second-order valence-electron chi connectivity index (χ2n) is 4.55. The number of hydrogen-bond acceptors (Lipinski definition) is 4. The van der Waals surface area contributed by atoms with E-state index in [1.807, 2.05) is 6.92 Å². The van der Waals surface area contributed by atoms with Crippen molar-refractivity contribution in [3.8, 4) is 5.75 Å². The largest absolute Gasteiger partial charge is 0.423 e. The molecule has 22 heavy (non-hydrogen) atoms. The molecule has 0 aliphatic heterocycles. The zero-order valence-electron chi connectivity index (χ0n) is 11.8. The molecule has 4 nitrogen and oxygen atoms in total. The summed E-state index contributed by atoms with van der Waals surface area (Å²) in [5.41, 5.74) is 6.29. The number of halogens is 1. The molecular weight excluding hydrogens is 322 g/mol. The fraction of sp³-hybridized carbons (Fsp3) is 0.125. The summed E-state index contributed by atoms with van der Waals surface area (Å²) in [6.45, 7) is 1.81. The van der Waals surface area contributed by atoms with Crippen LogP contribution in [0.1, 0.15) is 15.9 Å². The van der Waals surface area contributed by atoms with Crippen LogP contribution in [0.25, 0.3) is 0 Å². The molecule has 0 fully saturated rings. The fourth-order valence-corrected chi connectivity index (χ4v) is 2.80. The Bertz CT molecular complexity index is 718. The topological polar surface area (TPSA) is 69.4 Å². The van der Waals surface area contributed by atoms with E-state index in [0.717, 1.165) is 5.56 Å². The highest BCUT2D eigenvalue weighted by Crippen LogP contribution is 2.26. The van der Waals surface area contributed by atoms with Gasteiger partial charge in [-0.2, -0.15) is 0 Å². The van der Waals surface area contributed by atoms with E-state index >= 15 is 0 Å². The van der Waals surface area contributed by atoms with Gasteiger partial charge in [-0.3, -0.25) is 4.79 Å². The van der Waals surface area contributed by atoms with Crippen LogP contribution in [0.2, 0.25) is 5.02 Å². The predicted octanol–water partition coefficient (Wildman–Crippen LogP) is 3.45. The number of thioether (sulfide) groups is 1. The first-order valence-corrected chi connectivity index (χ1v) is 7.82. The highest BCUT2D eigenvalue weighted by molar-refractivity contribution is 8.00. The Labute approximate surface area is 137 Å². The Morgan fingerprint density at radius 2 is 1.95 bits per heavy atom. The summed E-state index contributed by atoms with van der Waals surface area (Å²) >= 11 is 7.08. The summed E-state index contributed by atoms with van der Waals surface area (Å²) in [5, 5.41) is 0.578. The first-order chi connectivity index (χ1) is 10.5. The van der Waals surface area contributed by atoms with Crippen LogP contribution in [-0.4, -0.2) is 17.6 Å². The molecule has 2 rings (SSSR count). The van der Waals surface area contributed by atoms with E-state index in [0.29, 0.717) is 21.2 Å². The number of carbonyl (C=O) groups is 2. The zero-order valence-corrected chi connectivity index (χ0v) is 13.4. The van der Waals surface area contributed by atoms with Crippen LogP contribution < -0.4 is 10.5 Å². The summed E-state index contributed by atoms with van der Waals surface area (Å²) in [7, 11) is 0. The van der Waals surface area contributed by atoms with Gasteiger partial charge in [0.15, 0.2) is 0 Å². The van der Waals surface area contributed by atoms with Crippen molar-refractivity contribution in [2.45, 2.75) is 11.8 Å². The fourth-order valence-electron chi connectivity index (χ4n) is 1.79. The normalized spacial score (nSPS) is 10.3. The number of nitrogens with two attached hydrogens (primary N) is 1. The Balaban J connectivity index is 2.20. The molecule has 0 unspecified atom stereocenters. The van der Waals surface area contributed by atoms with E-state index in [9.17, 15) is 9.59 Å². The second-order valence-corrected chi connectivity index (χ2v) is 6.00. The molecule has 2 aromatic rings. The number of hydrogen-bond donors (Lipinski definition) is 1. The van der Waals surface area contributed by atoms with Crippen molar-refractivity contribution >= 4 is 35.2 Å². The minimum absolute atomic E-state index is 0.101. The molecule has 2 N–H and O–H groups in total. The first kappa shape index (κ1) is 16.4. The van der Waals surface area contributed by atoms with Crippen LogP contribution in [0.15, 0.2) is 47.4 Å². The summed E-state index contributed by atoms with van der Waals surface area (Å²) < 4.78 is 5.41. The van der Waals surface area contributed by atoms with Crippen LogP contribution in [0, 0.1) is 6.92 Å². The molecule has 0 bridgehead atoms. The van der Waals surface area contributed by atoms with Crippen molar-refractivity contribution < 1.29 is 14.3 Å². The molecule has 0 aliphatic carbocycles. The highest BCUT2D eigenvalue weighted by atomic mass is 35.5. The van der Waals surface area contributed by atoms with Gasteiger partial charge >= 0.3 is 5.97 Å². The van der Waals surface area contributed by atoms with Gasteiger partial charge < -0.3 is 10.5 Å². The maximum absolute atomic E-state index is 12.3. The van der Waals surface area contributed by atoms with Crippen molar-refractivity contribution in [2.24, 2.45) is 5.73 Å². The van der Waals surface area contributed by atoms with Crippen LogP contribution in [0.4, 0.5) is 0 Å².